The van der Waals surface area contributed by atoms with Gasteiger partial charge < -0.3 is 4.74 Å². The van der Waals surface area contributed by atoms with Crippen LogP contribution in [0.3, 0.4) is 0 Å². The van der Waals surface area contributed by atoms with E-state index in [0.717, 1.165) is 26.5 Å². The zero-order chi connectivity index (χ0) is 18.5. The number of nitrogens with zero attached hydrogens (tertiary/aromatic N) is 1. The monoisotopic (exact) mass is 410 g/mol. The molecule has 5 heteroatoms. The SMILES string of the molecule is CC(=NNC(=O)[C@@H](C)Oc1ccc2ccccc2c1)c1ccc(Br)cc1. The van der Waals surface area contributed by atoms with Gasteiger partial charge in [0.1, 0.15) is 5.75 Å². The van der Waals surface area contributed by atoms with E-state index in [-0.39, 0.29) is 5.91 Å². The summed E-state index contributed by atoms with van der Waals surface area (Å²) in [5, 5.41) is 6.36. The minimum absolute atomic E-state index is 0.297. The number of benzene rings is 3. The molecule has 1 amide bonds. The van der Waals surface area contributed by atoms with Crippen molar-refractivity contribution in [1.82, 2.24) is 5.43 Å². The summed E-state index contributed by atoms with van der Waals surface area (Å²) in [4.78, 5) is 12.3. The largest absolute Gasteiger partial charge is 0.481 e. The number of hydrogen-bond donors (Lipinski definition) is 1. The molecule has 3 aromatic carbocycles. The van der Waals surface area contributed by atoms with Crippen LogP contribution < -0.4 is 10.2 Å². The van der Waals surface area contributed by atoms with Crippen LogP contribution in [0.1, 0.15) is 19.4 Å². The predicted molar refractivity (Wildman–Crippen MR) is 109 cm³/mol. The van der Waals surface area contributed by atoms with Gasteiger partial charge in [-0.2, -0.15) is 5.10 Å². The van der Waals surface area contributed by atoms with Crippen LogP contribution in [0.4, 0.5) is 0 Å². The summed E-state index contributed by atoms with van der Waals surface area (Å²) >= 11 is 3.40. The van der Waals surface area contributed by atoms with Crippen LogP contribution in [0.25, 0.3) is 10.8 Å². The van der Waals surface area contributed by atoms with Crippen molar-refractivity contribution < 1.29 is 9.53 Å². The fourth-order valence-electron chi connectivity index (χ4n) is 2.48. The maximum Gasteiger partial charge on any atom is 0.280 e. The topological polar surface area (TPSA) is 50.7 Å². The van der Waals surface area contributed by atoms with Gasteiger partial charge in [-0.15, -0.1) is 0 Å². The number of fused-ring (bicyclic) bond motifs is 1. The highest BCUT2D eigenvalue weighted by Crippen LogP contribution is 2.21. The molecule has 1 N–H and O–H groups in total. The van der Waals surface area contributed by atoms with E-state index in [9.17, 15) is 4.79 Å². The summed E-state index contributed by atoms with van der Waals surface area (Å²) in [5.41, 5.74) is 4.23. The highest BCUT2D eigenvalue weighted by Gasteiger charge is 2.14. The minimum Gasteiger partial charge on any atom is -0.481 e. The second-order valence-corrected chi connectivity index (χ2v) is 6.86. The molecule has 4 nitrogen and oxygen atoms in total. The summed E-state index contributed by atoms with van der Waals surface area (Å²) in [6.07, 6.45) is -0.655. The van der Waals surface area contributed by atoms with Crippen molar-refractivity contribution in [2.75, 3.05) is 0 Å². The van der Waals surface area contributed by atoms with Crippen LogP contribution in [0.2, 0.25) is 0 Å². The third kappa shape index (κ3) is 4.49. The lowest BCUT2D eigenvalue weighted by Gasteiger charge is -2.14. The molecule has 26 heavy (non-hydrogen) atoms. The van der Waals surface area contributed by atoms with Gasteiger partial charge in [0.15, 0.2) is 6.10 Å². The number of carbonyl (C=O) groups is 1. The molecule has 0 aromatic heterocycles. The Hall–Kier alpha value is -2.66. The predicted octanol–water partition coefficient (Wildman–Crippen LogP) is 4.91. The maximum atomic E-state index is 12.3. The standard InChI is InChI=1S/C21H19BrN2O2/c1-14(16-7-10-19(22)11-8-16)23-24-21(25)15(2)26-20-12-9-17-5-3-4-6-18(17)13-20/h3-13,15H,1-2H3,(H,24,25)/t15-/m1/s1. The highest BCUT2D eigenvalue weighted by molar-refractivity contribution is 9.10. The molecule has 0 aliphatic heterocycles. The van der Waals surface area contributed by atoms with Gasteiger partial charge in [0.25, 0.3) is 5.91 Å². The van der Waals surface area contributed by atoms with Crippen molar-refractivity contribution >= 4 is 38.3 Å². The first-order valence-corrected chi connectivity index (χ1v) is 9.08. The van der Waals surface area contributed by atoms with Gasteiger partial charge >= 0.3 is 0 Å². The average molecular weight is 411 g/mol. The van der Waals surface area contributed by atoms with Crippen LogP contribution >= 0.6 is 15.9 Å². The van der Waals surface area contributed by atoms with Crippen molar-refractivity contribution in [3.63, 3.8) is 0 Å². The third-order valence-electron chi connectivity index (χ3n) is 4.00. The van der Waals surface area contributed by atoms with E-state index < -0.39 is 6.10 Å². The highest BCUT2D eigenvalue weighted by atomic mass is 79.9. The fourth-order valence-corrected chi connectivity index (χ4v) is 2.75. The molecule has 0 fully saturated rings. The lowest BCUT2D eigenvalue weighted by Crippen LogP contribution is -2.33. The normalized spacial score (nSPS) is 12.7. The summed E-state index contributed by atoms with van der Waals surface area (Å²) < 4.78 is 6.75. The van der Waals surface area contributed by atoms with Gasteiger partial charge in [-0.1, -0.05) is 58.4 Å². The first kappa shape index (κ1) is 18.1. The smallest absolute Gasteiger partial charge is 0.280 e. The number of hydrogen-bond acceptors (Lipinski definition) is 3. The Bertz CT molecular complexity index is 952. The van der Waals surface area contributed by atoms with Crippen LogP contribution in [0.5, 0.6) is 5.75 Å². The van der Waals surface area contributed by atoms with Gasteiger partial charge in [-0.05, 0) is 54.4 Å². The van der Waals surface area contributed by atoms with Crippen LogP contribution in [-0.4, -0.2) is 17.7 Å². The molecule has 0 unspecified atom stereocenters. The van der Waals surface area contributed by atoms with Gasteiger partial charge in [0, 0.05) is 4.47 Å². The van der Waals surface area contributed by atoms with E-state index >= 15 is 0 Å². The van der Waals surface area contributed by atoms with Crippen molar-refractivity contribution in [2.45, 2.75) is 20.0 Å². The summed E-state index contributed by atoms with van der Waals surface area (Å²) in [6.45, 7) is 3.55. The van der Waals surface area contributed by atoms with E-state index in [1.807, 2.05) is 73.7 Å². The van der Waals surface area contributed by atoms with Gasteiger partial charge in [0.2, 0.25) is 0 Å². The number of rotatable bonds is 5. The first-order valence-electron chi connectivity index (χ1n) is 8.28. The molecule has 0 saturated heterocycles. The third-order valence-corrected chi connectivity index (χ3v) is 4.53. The lowest BCUT2D eigenvalue weighted by atomic mass is 10.1. The summed E-state index contributed by atoms with van der Waals surface area (Å²) in [5.74, 6) is 0.356. The number of halogens is 1. The maximum absolute atomic E-state index is 12.3. The summed E-state index contributed by atoms with van der Waals surface area (Å²) in [7, 11) is 0. The van der Waals surface area contributed by atoms with Gasteiger partial charge in [-0.25, -0.2) is 5.43 Å². The summed E-state index contributed by atoms with van der Waals surface area (Å²) in [6, 6.07) is 21.5. The van der Waals surface area contributed by atoms with E-state index in [1.54, 1.807) is 6.92 Å². The van der Waals surface area contributed by atoms with Crippen LogP contribution in [-0.2, 0) is 4.79 Å². The molecular weight excluding hydrogens is 392 g/mol. The van der Waals surface area contributed by atoms with E-state index in [4.69, 9.17) is 4.74 Å². The van der Waals surface area contributed by atoms with Crippen molar-refractivity contribution in [3.8, 4) is 5.75 Å². The molecule has 0 saturated carbocycles. The molecule has 0 heterocycles. The molecule has 0 spiro atoms. The van der Waals surface area contributed by atoms with Crippen molar-refractivity contribution in [1.29, 1.82) is 0 Å². The Balaban J connectivity index is 1.63. The molecule has 0 radical (unpaired) electrons. The zero-order valence-electron chi connectivity index (χ0n) is 14.6. The molecule has 3 rings (SSSR count). The van der Waals surface area contributed by atoms with Crippen LogP contribution in [0.15, 0.2) is 76.3 Å². The van der Waals surface area contributed by atoms with E-state index in [1.165, 1.54) is 0 Å². The van der Waals surface area contributed by atoms with Crippen LogP contribution in [0, 0.1) is 0 Å². The number of carbonyl (C=O) groups excluding carboxylic acids is 1. The Morgan fingerprint density at radius 1 is 1.04 bits per heavy atom. The second-order valence-electron chi connectivity index (χ2n) is 5.95. The van der Waals surface area contributed by atoms with Gasteiger partial charge in [-0.3, -0.25) is 4.79 Å². The Morgan fingerprint density at radius 2 is 1.73 bits per heavy atom. The van der Waals surface area contributed by atoms with Crippen molar-refractivity contribution in [3.05, 3.63) is 76.8 Å². The minimum atomic E-state index is -0.655. The number of amides is 1. The molecule has 0 aliphatic carbocycles. The average Bonchev–Trinajstić information content (AvgIpc) is 2.66. The molecule has 3 aromatic rings. The van der Waals surface area contributed by atoms with E-state index in [2.05, 4.69) is 26.5 Å². The molecular formula is C21H19BrN2O2. The first-order chi connectivity index (χ1) is 12.5. The quantitative estimate of drug-likeness (QED) is 0.479. The van der Waals surface area contributed by atoms with Gasteiger partial charge in [0.05, 0.1) is 5.71 Å². The molecule has 0 bridgehead atoms. The van der Waals surface area contributed by atoms with Crippen molar-refractivity contribution in [2.24, 2.45) is 5.10 Å². The lowest BCUT2D eigenvalue weighted by molar-refractivity contribution is -0.127. The molecule has 0 aliphatic rings. The zero-order valence-corrected chi connectivity index (χ0v) is 16.2. The Kier molecular flexibility index (Phi) is 5.68. The fraction of sp³-hybridized carbons (Fsp3) is 0.143. The number of nitrogens with one attached hydrogen (secondary N) is 1. The Labute approximate surface area is 161 Å². The Morgan fingerprint density at radius 3 is 2.46 bits per heavy atom. The number of hydrazone groups is 1. The molecule has 132 valence electrons. The number of ether oxygens (including phenoxy) is 1. The van der Waals surface area contributed by atoms with E-state index in [0.29, 0.717) is 5.75 Å². The molecule has 1 atom stereocenters. The second kappa shape index (κ2) is 8.15.